The molecular weight excluding hydrogens is 815 g/mol. The van der Waals surface area contributed by atoms with Gasteiger partial charge in [0.25, 0.3) is 0 Å². The summed E-state index contributed by atoms with van der Waals surface area (Å²) in [5.74, 6) is 0. The summed E-state index contributed by atoms with van der Waals surface area (Å²) >= 11 is 0. The smallest absolute Gasteiger partial charge is 0.143 e. The van der Waals surface area contributed by atoms with Gasteiger partial charge in [0.2, 0.25) is 0 Å². The van der Waals surface area contributed by atoms with E-state index in [1.165, 1.54) is 55.6 Å². The predicted molar refractivity (Wildman–Crippen MR) is 282 cm³/mol. The van der Waals surface area contributed by atoms with Gasteiger partial charge in [0.1, 0.15) is 22.3 Å². The van der Waals surface area contributed by atoms with E-state index in [1.54, 1.807) is 0 Å². The Kier molecular flexibility index (Phi) is 8.78. The molecule has 3 nitrogen and oxygen atoms in total. The summed E-state index contributed by atoms with van der Waals surface area (Å²) in [6.07, 6.45) is 0. The molecule has 0 saturated carbocycles. The molecule has 0 aliphatic heterocycles. The van der Waals surface area contributed by atoms with Crippen LogP contribution in [0, 0.1) is 27.7 Å². The molecule has 318 valence electrons. The van der Waals surface area contributed by atoms with Crippen LogP contribution in [0.25, 0.3) is 132 Å². The fourth-order valence-corrected chi connectivity index (χ4v) is 10.1. The minimum atomic E-state index is 0.877. The molecular formula is C64H45NO2. The van der Waals surface area contributed by atoms with Crippen LogP contribution in [0.4, 0.5) is 0 Å². The van der Waals surface area contributed by atoms with Crippen LogP contribution in [-0.4, -0.2) is 4.98 Å². The fraction of sp³-hybridized carbons (Fsp3) is 0.0625. The Morgan fingerprint density at radius 2 is 0.552 bits per heavy atom. The number of fused-ring (bicyclic) bond motifs is 9. The van der Waals surface area contributed by atoms with Gasteiger partial charge in [-0.1, -0.05) is 144 Å². The lowest BCUT2D eigenvalue weighted by atomic mass is 9.93. The lowest BCUT2D eigenvalue weighted by Gasteiger charge is -2.10. The Hall–Kier alpha value is -8.40. The first-order valence-corrected chi connectivity index (χ1v) is 23.1. The SMILES string of the molecule is Cc1ccc(-c2ccc3oc4c(-c5ccc6[nH]c7ccc(-c8cc(-c9ccc(C)cc9)cc9c8oc8ccc(-c%10ccc(C)cc%10)cc89)cc7c6c5)cc(-c5ccc(C)cc5)cc4c3c2)cc1. The van der Waals surface area contributed by atoms with Crippen LogP contribution in [0.2, 0.25) is 0 Å². The van der Waals surface area contributed by atoms with Gasteiger partial charge in [0.05, 0.1) is 0 Å². The lowest BCUT2D eigenvalue weighted by Crippen LogP contribution is -1.85. The maximum Gasteiger partial charge on any atom is 0.143 e. The van der Waals surface area contributed by atoms with E-state index in [-0.39, 0.29) is 0 Å². The van der Waals surface area contributed by atoms with Gasteiger partial charge in [0.15, 0.2) is 0 Å². The third-order valence-corrected chi connectivity index (χ3v) is 13.9. The second kappa shape index (κ2) is 15.1. The van der Waals surface area contributed by atoms with Gasteiger partial charge >= 0.3 is 0 Å². The highest BCUT2D eigenvalue weighted by molar-refractivity contribution is 6.16. The van der Waals surface area contributed by atoms with E-state index < -0.39 is 0 Å². The Morgan fingerprint density at radius 3 is 0.925 bits per heavy atom. The monoisotopic (exact) mass is 859 g/mol. The van der Waals surface area contributed by atoms with E-state index >= 15 is 0 Å². The molecule has 0 saturated heterocycles. The Balaban J connectivity index is 0.996. The quantitative estimate of drug-likeness (QED) is 0.181. The zero-order chi connectivity index (χ0) is 44.9. The molecule has 0 bridgehead atoms. The number of aromatic amines is 1. The molecule has 10 aromatic carbocycles. The van der Waals surface area contributed by atoms with Crippen LogP contribution >= 0.6 is 0 Å². The van der Waals surface area contributed by atoms with E-state index in [2.05, 4.69) is 227 Å². The zero-order valence-electron chi connectivity index (χ0n) is 37.8. The number of nitrogens with one attached hydrogen (secondary N) is 1. The minimum absolute atomic E-state index is 0.877. The van der Waals surface area contributed by atoms with Gasteiger partial charge in [0, 0.05) is 54.5 Å². The van der Waals surface area contributed by atoms with Crippen LogP contribution in [0.1, 0.15) is 22.3 Å². The second-order valence-electron chi connectivity index (χ2n) is 18.5. The van der Waals surface area contributed by atoms with E-state index in [1.807, 2.05) is 0 Å². The van der Waals surface area contributed by atoms with Crippen LogP contribution < -0.4 is 0 Å². The highest BCUT2D eigenvalue weighted by Gasteiger charge is 2.20. The van der Waals surface area contributed by atoms with Gasteiger partial charge in [-0.05, 0) is 156 Å². The number of rotatable bonds is 6. The number of aromatic nitrogens is 1. The van der Waals surface area contributed by atoms with Crippen molar-refractivity contribution < 1.29 is 8.83 Å². The average Bonchev–Trinajstić information content (AvgIpc) is 4.04. The van der Waals surface area contributed by atoms with E-state index in [4.69, 9.17) is 8.83 Å². The summed E-state index contributed by atoms with van der Waals surface area (Å²) in [6, 6.07) is 71.1. The first kappa shape index (κ1) is 39.0. The summed E-state index contributed by atoms with van der Waals surface area (Å²) in [6.45, 7) is 8.53. The number of aryl methyl sites for hydroxylation is 4. The van der Waals surface area contributed by atoms with Crippen molar-refractivity contribution in [2.24, 2.45) is 0 Å². The molecule has 3 heterocycles. The van der Waals surface area contributed by atoms with E-state index in [9.17, 15) is 0 Å². The Bertz CT molecular complexity index is 3820. The summed E-state index contributed by atoms with van der Waals surface area (Å²) in [5, 5.41) is 6.73. The third-order valence-electron chi connectivity index (χ3n) is 13.9. The number of H-pyrrole nitrogens is 1. The number of benzene rings is 10. The molecule has 13 rings (SSSR count). The highest BCUT2D eigenvalue weighted by atomic mass is 16.3. The van der Waals surface area contributed by atoms with E-state index in [0.29, 0.717) is 0 Å². The molecule has 0 spiro atoms. The van der Waals surface area contributed by atoms with Crippen molar-refractivity contribution in [3.63, 3.8) is 0 Å². The van der Waals surface area contributed by atoms with Crippen molar-refractivity contribution in [2.45, 2.75) is 27.7 Å². The molecule has 3 aromatic heterocycles. The normalized spacial score (nSPS) is 11.9. The Morgan fingerprint density at radius 1 is 0.254 bits per heavy atom. The first-order valence-electron chi connectivity index (χ1n) is 23.1. The van der Waals surface area contributed by atoms with Crippen LogP contribution in [0.5, 0.6) is 0 Å². The van der Waals surface area contributed by atoms with Gasteiger partial charge in [-0.3, -0.25) is 0 Å². The topological polar surface area (TPSA) is 42.1 Å². The second-order valence-corrected chi connectivity index (χ2v) is 18.5. The summed E-state index contributed by atoms with van der Waals surface area (Å²) in [5.41, 5.74) is 24.4. The highest BCUT2D eigenvalue weighted by Crippen LogP contribution is 2.45. The lowest BCUT2D eigenvalue weighted by molar-refractivity contribution is 0.669. The largest absolute Gasteiger partial charge is 0.455 e. The maximum absolute atomic E-state index is 6.85. The molecule has 0 atom stereocenters. The number of hydrogen-bond acceptors (Lipinski definition) is 2. The molecule has 0 unspecified atom stereocenters. The van der Waals surface area contributed by atoms with Crippen LogP contribution in [0.3, 0.4) is 0 Å². The van der Waals surface area contributed by atoms with Crippen molar-refractivity contribution in [2.75, 3.05) is 0 Å². The molecule has 0 amide bonds. The number of hydrogen-bond donors (Lipinski definition) is 1. The van der Waals surface area contributed by atoms with E-state index in [0.717, 1.165) is 99.1 Å². The van der Waals surface area contributed by atoms with Crippen molar-refractivity contribution in [1.82, 2.24) is 4.98 Å². The fourth-order valence-electron chi connectivity index (χ4n) is 10.1. The summed E-state index contributed by atoms with van der Waals surface area (Å²) < 4.78 is 13.7. The first-order chi connectivity index (χ1) is 32.8. The predicted octanol–water partition coefficient (Wildman–Crippen LogP) is 18.4. The van der Waals surface area contributed by atoms with Gasteiger partial charge in [-0.15, -0.1) is 0 Å². The molecule has 3 heteroatoms. The maximum atomic E-state index is 6.85. The minimum Gasteiger partial charge on any atom is -0.455 e. The zero-order valence-corrected chi connectivity index (χ0v) is 37.8. The molecule has 0 fully saturated rings. The third kappa shape index (κ3) is 6.65. The summed E-state index contributed by atoms with van der Waals surface area (Å²) in [4.78, 5) is 3.74. The summed E-state index contributed by atoms with van der Waals surface area (Å²) in [7, 11) is 0. The van der Waals surface area contributed by atoms with Crippen molar-refractivity contribution >= 4 is 65.7 Å². The molecule has 13 aromatic rings. The van der Waals surface area contributed by atoms with Crippen molar-refractivity contribution in [3.8, 4) is 66.8 Å². The van der Waals surface area contributed by atoms with Crippen LogP contribution in [0.15, 0.2) is 203 Å². The van der Waals surface area contributed by atoms with Crippen molar-refractivity contribution in [3.05, 3.63) is 216 Å². The van der Waals surface area contributed by atoms with Gasteiger partial charge < -0.3 is 13.8 Å². The molecule has 67 heavy (non-hydrogen) atoms. The Labute approximate surface area is 388 Å². The van der Waals surface area contributed by atoms with Crippen molar-refractivity contribution in [1.29, 1.82) is 0 Å². The molecule has 0 aliphatic rings. The molecule has 0 radical (unpaired) electrons. The standard InChI is InChI=1S/C64H45NO2/c1-37-5-13-41(14-6-37)45-23-27-61-55(29-45)57-35-49(43-17-9-39(3)10-18-43)33-51(63(57)66-61)47-21-25-59-53(31-47)54-32-48(22-26-60(54)65-59)52-34-50(44-19-11-40(4)12-20-44)36-58-56-30-46(24-28-62(56)67-64(52)58)42-15-7-38(2)8-16-42/h5-36,65H,1-4H3. The molecule has 1 N–H and O–H groups in total. The van der Waals surface area contributed by atoms with Gasteiger partial charge in [-0.2, -0.15) is 0 Å². The number of furan rings is 2. The average molecular weight is 860 g/mol. The van der Waals surface area contributed by atoms with Gasteiger partial charge in [-0.25, -0.2) is 0 Å². The molecule has 0 aliphatic carbocycles. The van der Waals surface area contributed by atoms with Crippen LogP contribution in [-0.2, 0) is 0 Å².